The highest BCUT2D eigenvalue weighted by atomic mass is 28.4. The Morgan fingerprint density at radius 3 is 2.35 bits per heavy atom. The molecule has 2 rings (SSSR count). The first-order valence-corrected chi connectivity index (χ1v) is 12.3. The summed E-state index contributed by atoms with van der Waals surface area (Å²) in [6.45, 7) is 12.9. The molecule has 1 N–H and O–H groups in total. The van der Waals surface area contributed by atoms with Crippen molar-refractivity contribution < 1.29 is 14.3 Å². The van der Waals surface area contributed by atoms with E-state index in [-0.39, 0.29) is 23.3 Å². The Balaban J connectivity index is 2.01. The van der Waals surface area contributed by atoms with Crippen LogP contribution in [-0.4, -0.2) is 25.3 Å². The van der Waals surface area contributed by atoms with Crippen molar-refractivity contribution in [3.05, 3.63) is 48.0 Å². The van der Waals surface area contributed by atoms with Crippen LogP contribution < -0.4 is 0 Å². The molecule has 2 aromatic rings. The van der Waals surface area contributed by atoms with Gasteiger partial charge in [-0.25, -0.2) is 0 Å². The minimum Gasteiger partial charge on any atom is -0.414 e. The van der Waals surface area contributed by atoms with Gasteiger partial charge >= 0.3 is 0 Å². The highest BCUT2D eigenvalue weighted by Gasteiger charge is 2.38. The van der Waals surface area contributed by atoms with Crippen molar-refractivity contribution in [2.75, 3.05) is 0 Å². The molecule has 2 atom stereocenters. The third kappa shape index (κ3) is 5.03. The smallest absolute Gasteiger partial charge is 0.192 e. The number of fused-ring (bicyclic) bond motifs is 1. The third-order valence-corrected chi connectivity index (χ3v) is 10.0. The molecule has 0 heterocycles. The van der Waals surface area contributed by atoms with Crippen molar-refractivity contribution in [3.8, 4) is 0 Å². The largest absolute Gasteiger partial charge is 0.414 e. The summed E-state index contributed by atoms with van der Waals surface area (Å²) in [5, 5.41) is 12.8. The molecule has 2 aromatic carbocycles. The molecule has 0 bridgehead atoms. The Morgan fingerprint density at radius 2 is 1.69 bits per heavy atom. The van der Waals surface area contributed by atoms with Crippen molar-refractivity contribution >= 4 is 24.9 Å². The van der Waals surface area contributed by atoms with Crippen LogP contribution in [0.1, 0.15) is 52.2 Å². The first-order valence-electron chi connectivity index (χ1n) is 9.36. The number of aliphatic hydroxyl groups excluding tert-OH is 1. The average Bonchev–Trinajstić information content (AvgIpc) is 2.52. The lowest BCUT2D eigenvalue weighted by Gasteiger charge is -2.38. The number of carbonyl (C=O) groups excluding carboxylic acids is 1. The summed E-state index contributed by atoms with van der Waals surface area (Å²) in [6.07, 6.45) is -0.440. The van der Waals surface area contributed by atoms with Gasteiger partial charge in [0.2, 0.25) is 0 Å². The van der Waals surface area contributed by atoms with E-state index < -0.39 is 14.4 Å². The number of Topliss-reactive ketones (excluding diaryl/α,β-unsaturated/α-hetero) is 1. The number of benzene rings is 2. The first-order chi connectivity index (χ1) is 12.0. The summed E-state index contributed by atoms with van der Waals surface area (Å²) < 4.78 is 6.27. The zero-order chi connectivity index (χ0) is 19.5. The van der Waals surface area contributed by atoms with Gasteiger partial charge in [0.25, 0.3) is 0 Å². The van der Waals surface area contributed by atoms with E-state index in [9.17, 15) is 9.90 Å². The van der Waals surface area contributed by atoms with Crippen LogP contribution in [0.5, 0.6) is 0 Å². The van der Waals surface area contributed by atoms with Crippen molar-refractivity contribution in [2.45, 2.75) is 70.9 Å². The first kappa shape index (κ1) is 20.8. The summed E-state index contributed by atoms with van der Waals surface area (Å²) >= 11 is 0. The minimum absolute atomic E-state index is 0.0386. The lowest BCUT2D eigenvalue weighted by molar-refractivity contribution is -0.122. The van der Waals surface area contributed by atoms with Crippen LogP contribution in [0.2, 0.25) is 18.1 Å². The van der Waals surface area contributed by atoms with Crippen LogP contribution in [0, 0.1) is 0 Å². The van der Waals surface area contributed by atoms with E-state index in [2.05, 4.69) is 33.9 Å². The van der Waals surface area contributed by atoms with Gasteiger partial charge in [0, 0.05) is 18.9 Å². The van der Waals surface area contributed by atoms with Gasteiger partial charge < -0.3 is 9.53 Å². The molecule has 0 aliphatic carbocycles. The SMILES string of the molecule is C[C@@H](CC(=O)C[C@@H](O)c1cccc2ccccc12)O[Si](C)(C)C(C)(C)C. The number of aliphatic hydroxyl groups is 1. The quantitative estimate of drug-likeness (QED) is 0.640. The normalized spacial score (nSPS) is 15.0. The fraction of sp³-hybridized carbons (Fsp3) is 0.500. The zero-order valence-electron chi connectivity index (χ0n) is 16.9. The van der Waals surface area contributed by atoms with Crippen LogP contribution >= 0.6 is 0 Å². The Labute approximate surface area is 158 Å². The van der Waals surface area contributed by atoms with Gasteiger partial charge in [0.1, 0.15) is 5.78 Å². The van der Waals surface area contributed by atoms with Crippen LogP contribution in [0.4, 0.5) is 0 Å². The molecular weight excluding hydrogens is 340 g/mol. The van der Waals surface area contributed by atoms with Crippen molar-refractivity contribution in [2.24, 2.45) is 0 Å². The average molecular weight is 373 g/mol. The van der Waals surface area contributed by atoms with Gasteiger partial charge in [-0.2, -0.15) is 0 Å². The summed E-state index contributed by atoms with van der Waals surface area (Å²) in [5.74, 6) is 0.0386. The van der Waals surface area contributed by atoms with Gasteiger partial charge in [-0.15, -0.1) is 0 Å². The second kappa shape index (κ2) is 8.03. The molecule has 0 aliphatic heterocycles. The van der Waals surface area contributed by atoms with Crippen molar-refractivity contribution in [3.63, 3.8) is 0 Å². The van der Waals surface area contributed by atoms with Gasteiger partial charge in [-0.05, 0) is 41.4 Å². The standard InChI is InChI=1S/C22H32O3Si/c1-16(25-26(5,6)22(2,3)4)14-18(23)15-21(24)20-13-9-11-17-10-7-8-12-19(17)20/h7-13,16,21,24H,14-15H2,1-6H3/t16-,21+/m0/s1. The summed E-state index contributed by atoms with van der Waals surface area (Å²) in [6, 6.07) is 13.8. The van der Waals surface area contributed by atoms with Gasteiger partial charge in [-0.3, -0.25) is 4.79 Å². The maximum atomic E-state index is 12.5. The Hall–Kier alpha value is -1.49. The van der Waals surface area contributed by atoms with E-state index >= 15 is 0 Å². The summed E-state index contributed by atoms with van der Waals surface area (Å²) in [5.41, 5.74) is 0.814. The van der Waals surface area contributed by atoms with Crippen LogP contribution in [0.25, 0.3) is 10.8 Å². The number of carbonyl (C=O) groups is 1. The highest BCUT2D eigenvalue weighted by molar-refractivity contribution is 6.74. The molecule has 0 saturated heterocycles. The number of hydrogen-bond acceptors (Lipinski definition) is 3. The maximum absolute atomic E-state index is 12.5. The minimum atomic E-state index is -1.89. The molecule has 0 aliphatic rings. The lowest BCUT2D eigenvalue weighted by atomic mass is 9.96. The maximum Gasteiger partial charge on any atom is 0.192 e. The van der Waals surface area contributed by atoms with E-state index in [0.717, 1.165) is 16.3 Å². The van der Waals surface area contributed by atoms with E-state index in [4.69, 9.17) is 4.43 Å². The van der Waals surface area contributed by atoms with E-state index in [1.54, 1.807) is 0 Å². The predicted octanol–water partition coefficient (Wildman–Crippen LogP) is 5.63. The molecule has 0 unspecified atom stereocenters. The Kier molecular flexibility index (Phi) is 6.43. The van der Waals surface area contributed by atoms with E-state index in [1.165, 1.54) is 0 Å². The molecule has 26 heavy (non-hydrogen) atoms. The summed E-state index contributed by atoms with van der Waals surface area (Å²) in [4.78, 5) is 12.5. The number of rotatable bonds is 7. The number of hydrogen-bond donors (Lipinski definition) is 1. The fourth-order valence-corrected chi connectivity index (χ4v) is 4.43. The van der Waals surface area contributed by atoms with Gasteiger partial charge in [0.05, 0.1) is 6.10 Å². The molecule has 0 radical (unpaired) electrons. The molecule has 0 fully saturated rings. The molecular formula is C22H32O3Si. The van der Waals surface area contributed by atoms with Crippen molar-refractivity contribution in [1.82, 2.24) is 0 Å². The number of ketones is 1. The predicted molar refractivity (Wildman–Crippen MR) is 111 cm³/mol. The van der Waals surface area contributed by atoms with Crippen LogP contribution in [-0.2, 0) is 9.22 Å². The van der Waals surface area contributed by atoms with E-state index in [0.29, 0.717) is 6.42 Å². The second-order valence-corrected chi connectivity index (χ2v) is 13.5. The van der Waals surface area contributed by atoms with E-state index in [1.807, 2.05) is 49.4 Å². The second-order valence-electron chi connectivity index (χ2n) is 8.72. The fourth-order valence-electron chi connectivity index (χ4n) is 2.99. The van der Waals surface area contributed by atoms with Crippen LogP contribution in [0.15, 0.2) is 42.5 Å². The van der Waals surface area contributed by atoms with Crippen LogP contribution in [0.3, 0.4) is 0 Å². The molecule has 3 nitrogen and oxygen atoms in total. The molecule has 0 aromatic heterocycles. The Morgan fingerprint density at radius 1 is 1.08 bits per heavy atom. The monoisotopic (exact) mass is 372 g/mol. The molecule has 0 spiro atoms. The lowest BCUT2D eigenvalue weighted by Crippen LogP contribution is -2.43. The van der Waals surface area contributed by atoms with Gasteiger partial charge in [0.15, 0.2) is 8.32 Å². The molecule has 0 saturated carbocycles. The third-order valence-electron chi connectivity index (χ3n) is 5.42. The summed E-state index contributed by atoms with van der Waals surface area (Å²) in [7, 11) is -1.89. The van der Waals surface area contributed by atoms with Gasteiger partial charge in [-0.1, -0.05) is 63.2 Å². The topological polar surface area (TPSA) is 46.5 Å². The molecule has 4 heteroatoms. The van der Waals surface area contributed by atoms with Crippen molar-refractivity contribution in [1.29, 1.82) is 0 Å². The Bertz CT molecular complexity index is 756. The highest BCUT2D eigenvalue weighted by Crippen LogP contribution is 2.37. The molecule has 0 amide bonds. The molecule has 142 valence electrons. The zero-order valence-corrected chi connectivity index (χ0v) is 17.9.